The highest BCUT2D eigenvalue weighted by Crippen LogP contribution is 2.26. The highest BCUT2D eigenvalue weighted by molar-refractivity contribution is 7.17. The van der Waals surface area contributed by atoms with Gasteiger partial charge in [0, 0.05) is 10.1 Å². The van der Waals surface area contributed by atoms with Crippen LogP contribution in [0.5, 0.6) is 0 Å². The van der Waals surface area contributed by atoms with Crippen LogP contribution in [-0.4, -0.2) is 11.1 Å². The van der Waals surface area contributed by atoms with Gasteiger partial charge < -0.3 is 5.11 Å². The van der Waals surface area contributed by atoms with Gasteiger partial charge in [0.25, 0.3) is 0 Å². The molecule has 1 heterocycles. The van der Waals surface area contributed by atoms with Gasteiger partial charge in [-0.05, 0) is 23.6 Å². The zero-order valence-corrected chi connectivity index (χ0v) is 7.27. The van der Waals surface area contributed by atoms with Crippen LogP contribution < -0.4 is 0 Å². The minimum absolute atomic E-state index is 0.237. The average molecular weight is 196 g/mol. The number of benzene rings is 1. The first-order valence-electron chi connectivity index (χ1n) is 3.59. The van der Waals surface area contributed by atoms with Crippen molar-refractivity contribution in [2.45, 2.75) is 0 Å². The quantitative estimate of drug-likeness (QED) is 0.761. The Morgan fingerprint density at radius 3 is 2.85 bits per heavy atom. The minimum atomic E-state index is -1.22. The molecule has 0 aliphatic carbocycles. The van der Waals surface area contributed by atoms with E-state index in [9.17, 15) is 9.18 Å². The van der Waals surface area contributed by atoms with E-state index in [-0.39, 0.29) is 5.56 Å². The van der Waals surface area contributed by atoms with Gasteiger partial charge >= 0.3 is 5.97 Å². The van der Waals surface area contributed by atoms with Crippen LogP contribution in [0.2, 0.25) is 0 Å². The maximum Gasteiger partial charge on any atom is 0.339 e. The Kier molecular flexibility index (Phi) is 1.77. The lowest BCUT2D eigenvalue weighted by Gasteiger charge is -1.98. The largest absolute Gasteiger partial charge is 0.478 e. The maximum atomic E-state index is 13.1. The number of aromatic carboxylic acids is 1. The van der Waals surface area contributed by atoms with Crippen LogP contribution in [-0.2, 0) is 0 Å². The summed E-state index contributed by atoms with van der Waals surface area (Å²) in [5, 5.41) is 11.0. The fourth-order valence-corrected chi connectivity index (χ4v) is 2.03. The predicted octanol–water partition coefficient (Wildman–Crippen LogP) is 2.74. The van der Waals surface area contributed by atoms with E-state index >= 15 is 0 Å². The number of halogens is 1. The second-order valence-electron chi connectivity index (χ2n) is 2.56. The molecule has 2 aromatic rings. The molecule has 0 saturated heterocycles. The van der Waals surface area contributed by atoms with E-state index in [4.69, 9.17) is 5.11 Å². The van der Waals surface area contributed by atoms with E-state index in [0.29, 0.717) is 5.39 Å². The second kappa shape index (κ2) is 2.81. The van der Waals surface area contributed by atoms with Gasteiger partial charge in [0.2, 0.25) is 0 Å². The van der Waals surface area contributed by atoms with Crippen molar-refractivity contribution in [1.82, 2.24) is 0 Å². The highest BCUT2D eigenvalue weighted by atomic mass is 32.1. The molecule has 0 radical (unpaired) electrons. The number of rotatable bonds is 1. The molecular formula is C9H5FO2S. The third-order valence-electron chi connectivity index (χ3n) is 1.80. The van der Waals surface area contributed by atoms with Crippen LogP contribution in [0.1, 0.15) is 10.4 Å². The Labute approximate surface area is 77.2 Å². The van der Waals surface area contributed by atoms with Crippen LogP contribution in [0.4, 0.5) is 4.39 Å². The number of hydrogen-bond acceptors (Lipinski definition) is 2. The molecule has 0 amide bonds. The van der Waals surface area contributed by atoms with Crippen LogP contribution >= 0.6 is 11.3 Å². The van der Waals surface area contributed by atoms with Gasteiger partial charge in [-0.2, -0.15) is 0 Å². The zero-order chi connectivity index (χ0) is 9.42. The molecule has 4 heteroatoms. The molecule has 2 nitrogen and oxygen atoms in total. The first-order chi connectivity index (χ1) is 6.20. The summed E-state index contributed by atoms with van der Waals surface area (Å²) in [6.45, 7) is 0. The number of carboxylic acids is 1. The lowest BCUT2D eigenvalue weighted by atomic mass is 10.1. The first kappa shape index (κ1) is 8.19. The van der Waals surface area contributed by atoms with E-state index in [0.717, 1.165) is 4.70 Å². The van der Waals surface area contributed by atoms with E-state index in [1.807, 2.05) is 0 Å². The number of carbonyl (C=O) groups is 1. The molecule has 1 N–H and O–H groups in total. The lowest BCUT2D eigenvalue weighted by Crippen LogP contribution is -2.00. The van der Waals surface area contributed by atoms with Gasteiger partial charge in [-0.3, -0.25) is 0 Å². The minimum Gasteiger partial charge on any atom is -0.478 e. The Balaban J connectivity index is 2.88. The molecule has 0 aliphatic rings. The van der Waals surface area contributed by atoms with E-state index < -0.39 is 11.8 Å². The molecule has 0 unspecified atom stereocenters. The van der Waals surface area contributed by atoms with Crippen LogP contribution in [0.15, 0.2) is 23.6 Å². The molecule has 66 valence electrons. The van der Waals surface area contributed by atoms with Gasteiger partial charge in [0.05, 0.1) is 0 Å². The summed E-state index contributed by atoms with van der Waals surface area (Å²) in [6, 6.07) is 4.39. The van der Waals surface area contributed by atoms with Gasteiger partial charge in [-0.25, -0.2) is 9.18 Å². The third kappa shape index (κ3) is 1.19. The van der Waals surface area contributed by atoms with Gasteiger partial charge in [0.1, 0.15) is 11.4 Å². The first-order valence-corrected chi connectivity index (χ1v) is 4.47. The third-order valence-corrected chi connectivity index (χ3v) is 2.68. The molecule has 0 spiro atoms. The molecule has 0 aliphatic heterocycles. The summed E-state index contributed by atoms with van der Waals surface area (Å²) in [6.07, 6.45) is 0. The molecule has 0 bridgehead atoms. The molecule has 1 aromatic heterocycles. The van der Waals surface area contributed by atoms with Crippen molar-refractivity contribution in [3.63, 3.8) is 0 Å². The number of thiophene rings is 1. The second-order valence-corrected chi connectivity index (χ2v) is 3.51. The van der Waals surface area contributed by atoms with E-state index in [1.54, 1.807) is 17.5 Å². The Bertz CT molecular complexity index is 475. The van der Waals surface area contributed by atoms with Crippen LogP contribution in [0.25, 0.3) is 10.1 Å². The van der Waals surface area contributed by atoms with Crippen molar-refractivity contribution >= 4 is 27.4 Å². The topological polar surface area (TPSA) is 37.3 Å². The maximum absolute atomic E-state index is 13.1. The van der Waals surface area contributed by atoms with Gasteiger partial charge in [-0.1, -0.05) is 0 Å². The van der Waals surface area contributed by atoms with Crippen molar-refractivity contribution in [2.24, 2.45) is 0 Å². The predicted molar refractivity (Wildman–Crippen MR) is 48.7 cm³/mol. The standard InChI is InChI=1S/C9H5FO2S/c10-6-1-2-7-5(3-4-13-7)8(6)9(11)12/h1-4H,(H,11,12). The van der Waals surface area contributed by atoms with Crippen molar-refractivity contribution < 1.29 is 14.3 Å². The van der Waals surface area contributed by atoms with Crippen LogP contribution in [0, 0.1) is 5.82 Å². The summed E-state index contributed by atoms with van der Waals surface area (Å²) in [4.78, 5) is 10.7. The number of carboxylic acid groups (broad SMARTS) is 1. The lowest BCUT2D eigenvalue weighted by molar-refractivity contribution is 0.0694. The Morgan fingerprint density at radius 1 is 1.38 bits per heavy atom. The van der Waals surface area contributed by atoms with Crippen molar-refractivity contribution in [3.05, 3.63) is 35.0 Å². The summed E-state index contributed by atoms with van der Waals surface area (Å²) in [5.74, 6) is -1.90. The zero-order valence-electron chi connectivity index (χ0n) is 6.45. The fourth-order valence-electron chi connectivity index (χ4n) is 1.23. The summed E-state index contributed by atoms with van der Waals surface area (Å²) >= 11 is 1.40. The van der Waals surface area contributed by atoms with E-state index in [1.165, 1.54) is 17.4 Å². The Morgan fingerprint density at radius 2 is 2.15 bits per heavy atom. The monoisotopic (exact) mass is 196 g/mol. The normalized spacial score (nSPS) is 10.5. The molecule has 0 atom stereocenters. The van der Waals surface area contributed by atoms with Crippen molar-refractivity contribution in [2.75, 3.05) is 0 Å². The van der Waals surface area contributed by atoms with Gasteiger partial charge in [-0.15, -0.1) is 11.3 Å². The smallest absolute Gasteiger partial charge is 0.339 e. The van der Waals surface area contributed by atoms with Crippen molar-refractivity contribution in [1.29, 1.82) is 0 Å². The SMILES string of the molecule is O=C(O)c1c(F)ccc2sccc12. The molecular weight excluding hydrogens is 191 g/mol. The molecule has 0 fully saturated rings. The fraction of sp³-hybridized carbons (Fsp3) is 0. The molecule has 13 heavy (non-hydrogen) atoms. The Hall–Kier alpha value is -1.42. The molecule has 1 aromatic carbocycles. The van der Waals surface area contributed by atoms with E-state index in [2.05, 4.69) is 0 Å². The average Bonchev–Trinajstić information content (AvgIpc) is 2.50. The van der Waals surface area contributed by atoms with Gasteiger partial charge in [0.15, 0.2) is 0 Å². The molecule has 0 saturated carbocycles. The number of fused-ring (bicyclic) bond motifs is 1. The highest BCUT2D eigenvalue weighted by Gasteiger charge is 2.14. The number of hydrogen-bond donors (Lipinski definition) is 1. The summed E-state index contributed by atoms with van der Waals surface area (Å²) in [7, 11) is 0. The summed E-state index contributed by atoms with van der Waals surface area (Å²) < 4.78 is 13.9. The van der Waals surface area contributed by atoms with Crippen molar-refractivity contribution in [3.8, 4) is 0 Å². The molecule has 2 rings (SSSR count). The van der Waals surface area contributed by atoms with Crippen LogP contribution in [0.3, 0.4) is 0 Å². The summed E-state index contributed by atoms with van der Waals surface area (Å²) in [5.41, 5.74) is -0.237.